The molecule has 0 unspecified atom stereocenters. The highest BCUT2D eigenvalue weighted by Crippen LogP contribution is 2.23. The molecule has 1 aromatic heterocycles. The molecule has 0 amide bonds. The number of anilines is 1. The van der Waals surface area contributed by atoms with Crippen molar-refractivity contribution in [1.29, 1.82) is 0 Å². The van der Waals surface area contributed by atoms with Crippen LogP contribution in [-0.4, -0.2) is 38.9 Å². The van der Waals surface area contributed by atoms with Crippen LogP contribution >= 0.6 is 11.8 Å². The Hall–Kier alpha value is -1.25. The molecule has 0 saturated carbocycles. The van der Waals surface area contributed by atoms with Crippen LogP contribution < -0.4 is 16.3 Å². The van der Waals surface area contributed by atoms with E-state index in [2.05, 4.69) is 4.98 Å². The van der Waals surface area contributed by atoms with Gasteiger partial charge in [-0.15, -0.1) is 16.5 Å². The third kappa shape index (κ3) is 2.46. The molecule has 1 aliphatic heterocycles. The molecule has 0 aromatic carbocycles. The standard InChI is InChI=1S/C8H11N3O4S/c9-5-1-2-11(8(13)10-5)15-6-4-16-7(3-12)14-6/h1-2,6-7,12H,3-4H2,(H2,9,10,13)/t6-,7+/m1/s1. The fourth-order valence-electron chi connectivity index (χ4n) is 1.20. The summed E-state index contributed by atoms with van der Waals surface area (Å²) in [5.41, 5.74) is 4.43. The van der Waals surface area contributed by atoms with Crippen LogP contribution in [0.15, 0.2) is 17.1 Å². The van der Waals surface area contributed by atoms with E-state index in [4.69, 9.17) is 20.4 Å². The number of hydrogen-bond donors (Lipinski definition) is 2. The Bertz CT molecular complexity index is 424. The maximum absolute atomic E-state index is 11.3. The van der Waals surface area contributed by atoms with Gasteiger partial charge >= 0.3 is 5.69 Å². The molecule has 0 aliphatic carbocycles. The predicted molar refractivity (Wildman–Crippen MR) is 57.7 cm³/mol. The molecule has 0 radical (unpaired) electrons. The minimum atomic E-state index is -0.596. The van der Waals surface area contributed by atoms with Gasteiger partial charge in [-0.3, -0.25) is 0 Å². The third-order valence-electron chi connectivity index (χ3n) is 1.90. The molecule has 2 rings (SSSR count). The molecule has 1 fully saturated rings. The lowest BCUT2D eigenvalue weighted by molar-refractivity contribution is -0.138. The number of nitrogens with two attached hydrogens (primary N) is 1. The van der Waals surface area contributed by atoms with Crippen molar-refractivity contribution in [2.75, 3.05) is 18.1 Å². The van der Waals surface area contributed by atoms with Crippen molar-refractivity contribution in [2.24, 2.45) is 0 Å². The van der Waals surface area contributed by atoms with Crippen LogP contribution in [0, 0.1) is 0 Å². The van der Waals surface area contributed by atoms with Gasteiger partial charge in [0.05, 0.1) is 18.6 Å². The second-order valence-corrected chi connectivity index (χ2v) is 4.27. The molecule has 0 bridgehead atoms. The topological polar surface area (TPSA) is 99.6 Å². The van der Waals surface area contributed by atoms with Gasteiger partial charge in [-0.05, 0) is 0 Å². The fraction of sp³-hybridized carbons (Fsp3) is 0.500. The highest BCUT2D eigenvalue weighted by molar-refractivity contribution is 8.00. The van der Waals surface area contributed by atoms with Crippen molar-refractivity contribution in [3.05, 3.63) is 22.7 Å². The Kier molecular flexibility index (Phi) is 3.32. The van der Waals surface area contributed by atoms with E-state index in [0.717, 1.165) is 4.73 Å². The first-order chi connectivity index (χ1) is 7.69. The summed E-state index contributed by atoms with van der Waals surface area (Å²) in [4.78, 5) is 20.0. The fourth-order valence-corrected chi connectivity index (χ4v) is 2.02. The van der Waals surface area contributed by atoms with Crippen molar-refractivity contribution in [3.63, 3.8) is 0 Å². The van der Waals surface area contributed by atoms with Crippen molar-refractivity contribution >= 4 is 17.6 Å². The number of rotatable bonds is 3. The van der Waals surface area contributed by atoms with Gasteiger partial charge < -0.3 is 20.4 Å². The number of nitrogens with zero attached hydrogens (tertiary/aromatic N) is 2. The van der Waals surface area contributed by atoms with Crippen LogP contribution in [0.5, 0.6) is 0 Å². The van der Waals surface area contributed by atoms with Gasteiger partial charge in [0, 0.05) is 6.07 Å². The Labute approximate surface area is 95.1 Å². The lowest BCUT2D eigenvalue weighted by Gasteiger charge is -2.13. The molecule has 1 saturated heterocycles. The van der Waals surface area contributed by atoms with Gasteiger partial charge in [0.1, 0.15) is 11.3 Å². The van der Waals surface area contributed by atoms with E-state index in [-0.39, 0.29) is 17.9 Å². The number of hydrogen-bond acceptors (Lipinski definition) is 7. The molecule has 0 spiro atoms. The van der Waals surface area contributed by atoms with Gasteiger partial charge in [-0.25, -0.2) is 4.79 Å². The van der Waals surface area contributed by atoms with Gasteiger partial charge in [0.2, 0.25) is 6.29 Å². The summed E-state index contributed by atoms with van der Waals surface area (Å²) in [6.45, 7) is -0.0839. The molecule has 1 aromatic rings. The molecule has 7 nitrogen and oxygen atoms in total. The minimum absolute atomic E-state index is 0.0839. The first-order valence-corrected chi connectivity index (χ1v) is 5.64. The molecule has 16 heavy (non-hydrogen) atoms. The van der Waals surface area contributed by atoms with E-state index >= 15 is 0 Å². The molecule has 2 heterocycles. The Morgan fingerprint density at radius 2 is 2.62 bits per heavy atom. The summed E-state index contributed by atoms with van der Waals surface area (Å²) in [5, 5.41) is 8.84. The second kappa shape index (κ2) is 4.73. The molecular formula is C8H11N3O4S. The van der Waals surface area contributed by atoms with E-state index in [1.54, 1.807) is 0 Å². The van der Waals surface area contributed by atoms with Crippen LogP contribution in [0.25, 0.3) is 0 Å². The summed E-state index contributed by atoms with van der Waals surface area (Å²) in [5.74, 6) is 0.682. The third-order valence-corrected chi connectivity index (χ3v) is 2.99. The van der Waals surface area contributed by atoms with E-state index in [1.807, 2.05) is 0 Å². The summed E-state index contributed by atoms with van der Waals surface area (Å²) in [6.07, 6.45) is 0.815. The number of nitrogen functional groups attached to an aromatic ring is 1. The molecular weight excluding hydrogens is 234 g/mol. The zero-order valence-electron chi connectivity index (χ0n) is 8.28. The van der Waals surface area contributed by atoms with Crippen molar-refractivity contribution in [1.82, 2.24) is 9.71 Å². The summed E-state index contributed by atoms with van der Waals surface area (Å²) in [6, 6.07) is 1.45. The minimum Gasteiger partial charge on any atom is -0.393 e. The van der Waals surface area contributed by atoms with Crippen LogP contribution in [0.2, 0.25) is 0 Å². The lowest BCUT2D eigenvalue weighted by Crippen LogP contribution is -2.36. The van der Waals surface area contributed by atoms with Gasteiger partial charge in [-0.1, -0.05) is 0 Å². The normalized spacial score (nSPS) is 24.6. The van der Waals surface area contributed by atoms with E-state index in [9.17, 15) is 4.79 Å². The molecule has 8 heteroatoms. The predicted octanol–water partition coefficient (Wildman–Crippen LogP) is -1.34. The van der Waals surface area contributed by atoms with Crippen LogP contribution in [-0.2, 0) is 4.74 Å². The van der Waals surface area contributed by atoms with Crippen molar-refractivity contribution in [3.8, 4) is 0 Å². The van der Waals surface area contributed by atoms with E-state index in [0.29, 0.717) is 5.75 Å². The van der Waals surface area contributed by atoms with Crippen molar-refractivity contribution in [2.45, 2.75) is 11.7 Å². The average molecular weight is 245 g/mol. The zero-order valence-corrected chi connectivity index (χ0v) is 9.09. The quantitative estimate of drug-likeness (QED) is 0.680. The number of ether oxygens (including phenoxy) is 1. The second-order valence-electron chi connectivity index (χ2n) is 3.08. The highest BCUT2D eigenvalue weighted by Gasteiger charge is 2.27. The Morgan fingerprint density at radius 1 is 1.81 bits per heavy atom. The average Bonchev–Trinajstić information content (AvgIpc) is 2.70. The largest absolute Gasteiger partial charge is 0.393 e. The summed E-state index contributed by atoms with van der Waals surface area (Å²) in [7, 11) is 0. The molecule has 2 atom stereocenters. The van der Waals surface area contributed by atoms with Gasteiger partial charge in [0.15, 0.2) is 0 Å². The Morgan fingerprint density at radius 3 is 3.25 bits per heavy atom. The SMILES string of the molecule is Nc1ccn(O[C@@H]2CS[C@@H](CO)O2)c(=O)n1. The number of aliphatic hydroxyl groups excluding tert-OH is 1. The molecule has 88 valence electrons. The monoisotopic (exact) mass is 245 g/mol. The smallest absolute Gasteiger partial charge is 0.382 e. The number of aliphatic hydroxyl groups is 1. The van der Waals surface area contributed by atoms with Gasteiger partial charge in [0.25, 0.3) is 0 Å². The van der Waals surface area contributed by atoms with Crippen molar-refractivity contribution < 1.29 is 14.7 Å². The summed E-state index contributed by atoms with van der Waals surface area (Å²) >= 11 is 1.42. The van der Waals surface area contributed by atoms with Gasteiger partial charge in [-0.2, -0.15) is 4.98 Å². The zero-order chi connectivity index (χ0) is 11.5. The maximum Gasteiger partial charge on any atom is 0.382 e. The molecule has 3 N–H and O–H groups in total. The molecule has 1 aliphatic rings. The number of aromatic nitrogens is 2. The summed E-state index contributed by atoms with van der Waals surface area (Å²) < 4.78 is 6.23. The first kappa shape index (κ1) is 11.2. The maximum atomic E-state index is 11.3. The van der Waals surface area contributed by atoms with Crippen LogP contribution in [0.4, 0.5) is 5.82 Å². The van der Waals surface area contributed by atoms with E-state index in [1.165, 1.54) is 24.0 Å². The Balaban J connectivity index is 2.02. The lowest BCUT2D eigenvalue weighted by atomic mass is 10.6. The number of thioether (sulfide) groups is 1. The van der Waals surface area contributed by atoms with Crippen LogP contribution in [0.3, 0.4) is 0 Å². The highest BCUT2D eigenvalue weighted by atomic mass is 32.2. The van der Waals surface area contributed by atoms with Crippen LogP contribution in [0.1, 0.15) is 0 Å². The van der Waals surface area contributed by atoms with E-state index < -0.39 is 12.0 Å². The first-order valence-electron chi connectivity index (χ1n) is 4.59.